The van der Waals surface area contributed by atoms with Gasteiger partial charge in [-0.1, -0.05) is 23.7 Å². The Labute approximate surface area is 156 Å². The number of carbonyl (C=O) groups is 2. The number of rotatable bonds is 3. The number of halogens is 3. The van der Waals surface area contributed by atoms with Crippen LogP contribution in [0.4, 0.5) is 13.6 Å². The van der Waals surface area contributed by atoms with Crippen molar-refractivity contribution in [3.8, 4) is 0 Å². The van der Waals surface area contributed by atoms with Crippen LogP contribution in [0.2, 0.25) is 5.02 Å². The topological polar surface area (TPSA) is 58.6 Å². The number of amides is 2. The highest BCUT2D eigenvalue weighted by molar-refractivity contribution is 6.30. The Morgan fingerprint density at radius 1 is 1.15 bits per heavy atom. The molecule has 0 radical (unpaired) electrons. The van der Waals surface area contributed by atoms with E-state index < -0.39 is 23.5 Å². The molecule has 1 aromatic rings. The van der Waals surface area contributed by atoms with E-state index in [0.29, 0.717) is 17.9 Å². The molecule has 0 saturated carbocycles. The van der Waals surface area contributed by atoms with Gasteiger partial charge in [0, 0.05) is 29.7 Å². The maximum absolute atomic E-state index is 14.4. The molecule has 0 atom stereocenters. The summed E-state index contributed by atoms with van der Waals surface area (Å²) in [6.07, 6.45) is 0.234. The summed E-state index contributed by atoms with van der Waals surface area (Å²) in [5, 5.41) is 3.04. The molecule has 0 unspecified atom stereocenters. The van der Waals surface area contributed by atoms with E-state index in [9.17, 15) is 18.4 Å². The number of nitrogens with one attached hydrogen (secondary N) is 1. The number of piperidine rings is 1. The molecule has 1 aliphatic heterocycles. The number of likely N-dealkylation sites (tertiary alicyclic amines) is 1. The Balaban J connectivity index is 1.91. The van der Waals surface area contributed by atoms with Crippen molar-refractivity contribution in [3.05, 3.63) is 34.9 Å². The Hall–Kier alpha value is -1.89. The predicted molar refractivity (Wildman–Crippen MR) is 94.3 cm³/mol. The highest BCUT2D eigenvalue weighted by atomic mass is 35.5. The molecule has 5 nitrogen and oxygen atoms in total. The lowest BCUT2D eigenvalue weighted by molar-refractivity contribution is -0.160. The molecule has 0 bridgehead atoms. The van der Waals surface area contributed by atoms with Crippen LogP contribution in [0.3, 0.4) is 0 Å². The fourth-order valence-corrected chi connectivity index (χ4v) is 2.81. The first-order valence-corrected chi connectivity index (χ1v) is 8.79. The molecule has 1 aliphatic rings. The SMILES string of the molecule is CC(C)(C)OC(=O)NC1CCN(C(=O)C(F)(F)c2ccc(Cl)cc2)CC1. The van der Waals surface area contributed by atoms with Gasteiger partial charge < -0.3 is 15.0 Å². The molecule has 144 valence electrons. The van der Waals surface area contributed by atoms with E-state index in [0.717, 1.165) is 17.0 Å². The van der Waals surface area contributed by atoms with Crippen molar-refractivity contribution in [3.63, 3.8) is 0 Å². The Morgan fingerprint density at radius 2 is 1.69 bits per heavy atom. The summed E-state index contributed by atoms with van der Waals surface area (Å²) in [6, 6.07) is 4.75. The van der Waals surface area contributed by atoms with Crippen molar-refractivity contribution >= 4 is 23.6 Å². The molecule has 0 aromatic heterocycles. The number of benzene rings is 1. The van der Waals surface area contributed by atoms with Crippen LogP contribution < -0.4 is 5.32 Å². The van der Waals surface area contributed by atoms with E-state index in [1.807, 2.05) is 0 Å². The molecule has 1 aromatic carbocycles. The fraction of sp³-hybridized carbons (Fsp3) is 0.556. The standard InChI is InChI=1S/C18H23ClF2N2O3/c1-17(2,3)26-16(25)22-14-8-10-23(11-9-14)15(24)18(20,21)12-4-6-13(19)7-5-12/h4-7,14H,8-11H2,1-3H3,(H,22,25). The minimum absolute atomic E-state index is 0.141. The normalized spacial score (nSPS) is 16.3. The van der Waals surface area contributed by atoms with Gasteiger partial charge in [0.15, 0.2) is 0 Å². The Morgan fingerprint density at radius 3 is 2.19 bits per heavy atom. The van der Waals surface area contributed by atoms with Gasteiger partial charge in [-0.05, 0) is 45.7 Å². The third-order valence-electron chi connectivity index (χ3n) is 3.98. The molecular weight excluding hydrogens is 366 g/mol. The summed E-state index contributed by atoms with van der Waals surface area (Å²) >= 11 is 5.70. The van der Waals surface area contributed by atoms with Crippen LogP contribution >= 0.6 is 11.6 Å². The van der Waals surface area contributed by atoms with E-state index in [4.69, 9.17) is 16.3 Å². The van der Waals surface area contributed by atoms with E-state index >= 15 is 0 Å². The first-order valence-electron chi connectivity index (χ1n) is 8.42. The molecule has 0 aliphatic carbocycles. The lowest BCUT2D eigenvalue weighted by Gasteiger charge is -2.34. The van der Waals surface area contributed by atoms with Gasteiger partial charge in [0.05, 0.1) is 0 Å². The molecule has 2 amide bonds. The molecule has 1 saturated heterocycles. The molecule has 0 spiro atoms. The molecule has 1 heterocycles. The molecule has 1 fully saturated rings. The third kappa shape index (κ3) is 5.30. The minimum Gasteiger partial charge on any atom is -0.444 e. The van der Waals surface area contributed by atoms with Crippen LogP contribution in [-0.4, -0.2) is 41.6 Å². The number of carbonyl (C=O) groups excluding carboxylic acids is 2. The zero-order valence-electron chi connectivity index (χ0n) is 15.0. The first-order chi connectivity index (χ1) is 12.0. The Kier molecular flexibility index (Phi) is 6.11. The number of ether oxygens (including phenoxy) is 1. The average molecular weight is 389 g/mol. The monoisotopic (exact) mass is 388 g/mol. The summed E-state index contributed by atoms with van der Waals surface area (Å²) in [7, 11) is 0. The van der Waals surface area contributed by atoms with E-state index in [1.165, 1.54) is 12.1 Å². The van der Waals surface area contributed by atoms with Crippen molar-refractivity contribution in [1.82, 2.24) is 10.2 Å². The van der Waals surface area contributed by atoms with Gasteiger partial charge in [-0.15, -0.1) is 0 Å². The second-order valence-electron chi connectivity index (χ2n) is 7.29. The fourth-order valence-electron chi connectivity index (χ4n) is 2.68. The van der Waals surface area contributed by atoms with Crippen molar-refractivity contribution in [2.75, 3.05) is 13.1 Å². The lowest BCUT2D eigenvalue weighted by atomic mass is 10.0. The van der Waals surface area contributed by atoms with Crippen LogP contribution in [0.15, 0.2) is 24.3 Å². The summed E-state index contributed by atoms with van der Waals surface area (Å²) in [5.74, 6) is -4.86. The van der Waals surface area contributed by atoms with Gasteiger partial charge in [-0.2, -0.15) is 8.78 Å². The van der Waals surface area contributed by atoms with Crippen LogP contribution in [0, 0.1) is 0 Å². The molecule has 8 heteroatoms. The van der Waals surface area contributed by atoms with Gasteiger partial charge in [-0.3, -0.25) is 4.79 Å². The van der Waals surface area contributed by atoms with Crippen LogP contribution in [0.25, 0.3) is 0 Å². The van der Waals surface area contributed by atoms with Crippen LogP contribution in [0.5, 0.6) is 0 Å². The largest absolute Gasteiger partial charge is 0.444 e. The molecular formula is C18H23ClF2N2O3. The summed E-state index contributed by atoms with van der Waals surface area (Å²) in [6.45, 7) is 5.55. The number of alkyl carbamates (subject to hydrolysis) is 1. The highest BCUT2D eigenvalue weighted by Gasteiger charge is 2.44. The Bertz CT molecular complexity index is 651. The predicted octanol–water partition coefficient (Wildman–Crippen LogP) is 3.95. The summed E-state index contributed by atoms with van der Waals surface area (Å²) in [4.78, 5) is 25.1. The van der Waals surface area contributed by atoms with E-state index in [-0.39, 0.29) is 24.7 Å². The van der Waals surface area contributed by atoms with Crippen molar-refractivity contribution in [1.29, 1.82) is 0 Å². The summed E-state index contributed by atoms with van der Waals surface area (Å²) in [5.41, 5.74) is -0.998. The van der Waals surface area contributed by atoms with Crippen molar-refractivity contribution in [2.45, 2.75) is 51.2 Å². The quantitative estimate of drug-likeness (QED) is 0.853. The van der Waals surface area contributed by atoms with E-state index in [1.54, 1.807) is 20.8 Å². The number of hydrogen-bond acceptors (Lipinski definition) is 3. The lowest BCUT2D eigenvalue weighted by Crippen LogP contribution is -2.50. The van der Waals surface area contributed by atoms with E-state index in [2.05, 4.69) is 5.32 Å². The minimum atomic E-state index is -3.62. The van der Waals surface area contributed by atoms with Gasteiger partial charge >= 0.3 is 12.0 Å². The third-order valence-corrected chi connectivity index (χ3v) is 4.23. The summed E-state index contributed by atoms with van der Waals surface area (Å²) < 4.78 is 34.0. The average Bonchev–Trinajstić information content (AvgIpc) is 2.53. The van der Waals surface area contributed by atoms with Gasteiger partial charge in [0.2, 0.25) is 0 Å². The molecule has 26 heavy (non-hydrogen) atoms. The second-order valence-corrected chi connectivity index (χ2v) is 7.73. The number of hydrogen-bond donors (Lipinski definition) is 1. The first kappa shape index (κ1) is 20.4. The molecule has 2 rings (SSSR count). The van der Waals surface area contributed by atoms with Gasteiger partial charge in [-0.25, -0.2) is 4.79 Å². The maximum Gasteiger partial charge on any atom is 0.407 e. The smallest absolute Gasteiger partial charge is 0.407 e. The number of alkyl halides is 2. The zero-order chi connectivity index (χ0) is 19.5. The highest BCUT2D eigenvalue weighted by Crippen LogP contribution is 2.32. The van der Waals surface area contributed by atoms with Gasteiger partial charge in [0.25, 0.3) is 5.91 Å². The number of nitrogens with zero attached hydrogens (tertiary/aromatic N) is 1. The van der Waals surface area contributed by atoms with Crippen LogP contribution in [-0.2, 0) is 15.5 Å². The maximum atomic E-state index is 14.4. The van der Waals surface area contributed by atoms with Crippen molar-refractivity contribution < 1.29 is 23.1 Å². The second kappa shape index (κ2) is 7.78. The van der Waals surface area contributed by atoms with Crippen molar-refractivity contribution in [2.24, 2.45) is 0 Å². The van der Waals surface area contributed by atoms with Gasteiger partial charge in [0.1, 0.15) is 5.60 Å². The van der Waals surface area contributed by atoms with Crippen LogP contribution in [0.1, 0.15) is 39.2 Å². The zero-order valence-corrected chi connectivity index (χ0v) is 15.8. The molecule has 1 N–H and O–H groups in total.